The maximum Gasteiger partial charge on any atom is 0.232 e. The molecule has 1 N–H and O–H groups in total. The van der Waals surface area contributed by atoms with Gasteiger partial charge in [0.15, 0.2) is 11.6 Å². The summed E-state index contributed by atoms with van der Waals surface area (Å²) in [5.41, 5.74) is 1.53. The third kappa shape index (κ3) is 6.46. The molecule has 1 aliphatic rings. The lowest BCUT2D eigenvalue weighted by Gasteiger charge is -2.35. The number of morpholine rings is 1. The van der Waals surface area contributed by atoms with Gasteiger partial charge in [-0.1, -0.05) is 12.1 Å². The van der Waals surface area contributed by atoms with Crippen LogP contribution in [0, 0.1) is 11.6 Å². The van der Waals surface area contributed by atoms with Crippen molar-refractivity contribution in [2.75, 3.05) is 42.1 Å². The summed E-state index contributed by atoms with van der Waals surface area (Å²) in [5, 5.41) is 2.64. The van der Waals surface area contributed by atoms with E-state index >= 15 is 0 Å². The van der Waals surface area contributed by atoms with E-state index in [-0.39, 0.29) is 12.5 Å². The first-order valence-electron chi connectivity index (χ1n) is 9.75. The van der Waals surface area contributed by atoms with E-state index in [1.807, 2.05) is 4.90 Å². The molecule has 1 heterocycles. The van der Waals surface area contributed by atoms with Crippen LogP contribution in [0.25, 0.3) is 0 Å². The lowest BCUT2D eigenvalue weighted by molar-refractivity contribution is -0.114. The number of sulfonamides is 1. The zero-order valence-electron chi connectivity index (χ0n) is 17.3. The molecule has 0 radical (unpaired) electrons. The van der Waals surface area contributed by atoms with E-state index in [9.17, 15) is 22.0 Å². The Bertz CT molecular complexity index is 1050. The van der Waals surface area contributed by atoms with Crippen LogP contribution in [0.3, 0.4) is 0 Å². The lowest BCUT2D eigenvalue weighted by atomic mass is 10.1. The monoisotopic (exact) mass is 453 g/mol. The number of carbonyl (C=O) groups is 1. The first-order chi connectivity index (χ1) is 14.6. The number of hydrogen-bond donors (Lipinski definition) is 1. The van der Waals surface area contributed by atoms with Crippen molar-refractivity contribution in [1.82, 2.24) is 4.90 Å². The molecule has 10 heteroatoms. The molecule has 168 valence electrons. The number of carbonyl (C=O) groups excluding carboxylic acids is 1. The van der Waals surface area contributed by atoms with Gasteiger partial charge in [-0.3, -0.25) is 14.0 Å². The van der Waals surface area contributed by atoms with Gasteiger partial charge in [0.25, 0.3) is 0 Å². The normalized spacial score (nSPS) is 17.4. The highest BCUT2D eigenvalue weighted by atomic mass is 32.2. The van der Waals surface area contributed by atoms with E-state index in [2.05, 4.69) is 5.32 Å². The Morgan fingerprint density at radius 2 is 2.00 bits per heavy atom. The number of rotatable bonds is 7. The molecule has 1 atom stereocenters. The Balaban J connectivity index is 1.73. The summed E-state index contributed by atoms with van der Waals surface area (Å²) in [7, 11) is -3.62. The topological polar surface area (TPSA) is 79.0 Å². The maximum absolute atomic E-state index is 13.5. The van der Waals surface area contributed by atoms with Gasteiger partial charge in [-0.25, -0.2) is 17.2 Å². The summed E-state index contributed by atoms with van der Waals surface area (Å²) >= 11 is 0. The molecule has 2 aromatic rings. The van der Waals surface area contributed by atoms with Crippen LogP contribution in [-0.4, -0.2) is 57.8 Å². The highest BCUT2D eigenvalue weighted by molar-refractivity contribution is 7.92. The second-order valence-corrected chi connectivity index (χ2v) is 9.41. The Hall–Kier alpha value is -2.56. The number of anilines is 2. The summed E-state index contributed by atoms with van der Waals surface area (Å²) in [6, 6.07) is 10.4. The average Bonchev–Trinajstić information content (AvgIpc) is 2.68. The molecule has 0 aromatic heterocycles. The van der Waals surface area contributed by atoms with Gasteiger partial charge < -0.3 is 10.1 Å². The van der Waals surface area contributed by atoms with Crippen molar-refractivity contribution in [2.45, 2.75) is 19.6 Å². The van der Waals surface area contributed by atoms with Crippen molar-refractivity contribution >= 4 is 27.3 Å². The highest BCUT2D eigenvalue weighted by Gasteiger charge is 2.27. The quantitative estimate of drug-likeness (QED) is 0.697. The molecule has 31 heavy (non-hydrogen) atoms. The average molecular weight is 454 g/mol. The molecular weight excluding hydrogens is 428 g/mol. The second-order valence-electron chi connectivity index (χ2n) is 7.50. The van der Waals surface area contributed by atoms with Crippen LogP contribution in [0.2, 0.25) is 0 Å². The molecule has 3 rings (SSSR count). The van der Waals surface area contributed by atoms with E-state index in [0.717, 1.165) is 18.4 Å². The summed E-state index contributed by atoms with van der Waals surface area (Å²) in [4.78, 5) is 13.3. The highest BCUT2D eigenvalue weighted by Crippen LogP contribution is 2.24. The fourth-order valence-corrected chi connectivity index (χ4v) is 4.42. The fourth-order valence-electron chi connectivity index (χ4n) is 3.49. The largest absolute Gasteiger partial charge is 0.374 e. The van der Waals surface area contributed by atoms with Crippen molar-refractivity contribution in [1.29, 1.82) is 0 Å². The predicted molar refractivity (Wildman–Crippen MR) is 114 cm³/mol. The van der Waals surface area contributed by atoms with E-state index in [1.165, 1.54) is 17.3 Å². The van der Waals surface area contributed by atoms with Crippen molar-refractivity contribution in [2.24, 2.45) is 0 Å². The number of hydrogen-bond acceptors (Lipinski definition) is 5. The molecule has 2 aromatic carbocycles. The van der Waals surface area contributed by atoms with Crippen molar-refractivity contribution in [3.63, 3.8) is 0 Å². The summed E-state index contributed by atoms with van der Waals surface area (Å²) < 4.78 is 58.6. The van der Waals surface area contributed by atoms with Crippen molar-refractivity contribution < 1.29 is 26.7 Å². The fraction of sp³-hybridized carbons (Fsp3) is 0.381. The van der Waals surface area contributed by atoms with Crippen molar-refractivity contribution in [3.05, 3.63) is 59.7 Å². The number of ether oxygens (including phenoxy) is 1. The SMILES string of the molecule is CC(=O)Nc1cccc(N(C[C@@H]2CN(Cc3ccc(F)c(F)c3)CCO2)S(C)(=O)=O)c1. The first kappa shape index (κ1) is 23.1. The predicted octanol–water partition coefficient (Wildman–Crippen LogP) is 2.59. The number of nitrogens with zero attached hydrogens (tertiary/aromatic N) is 2. The Morgan fingerprint density at radius 1 is 1.23 bits per heavy atom. The molecule has 1 aliphatic heterocycles. The molecule has 0 unspecified atom stereocenters. The summed E-state index contributed by atoms with van der Waals surface area (Å²) in [6.45, 7) is 3.25. The van der Waals surface area contributed by atoms with E-state index < -0.39 is 27.8 Å². The van der Waals surface area contributed by atoms with Gasteiger partial charge >= 0.3 is 0 Å². The number of benzene rings is 2. The molecule has 1 saturated heterocycles. The van der Waals surface area contributed by atoms with E-state index in [1.54, 1.807) is 24.3 Å². The number of halogens is 2. The zero-order valence-corrected chi connectivity index (χ0v) is 18.2. The van der Waals surface area contributed by atoms with Gasteiger partial charge in [0, 0.05) is 32.2 Å². The molecule has 7 nitrogen and oxygen atoms in total. The van der Waals surface area contributed by atoms with E-state index in [0.29, 0.717) is 43.2 Å². The third-order valence-corrected chi connectivity index (χ3v) is 6.00. The van der Waals surface area contributed by atoms with Gasteiger partial charge in [-0.2, -0.15) is 0 Å². The minimum Gasteiger partial charge on any atom is -0.374 e. The van der Waals surface area contributed by atoms with Crippen LogP contribution >= 0.6 is 0 Å². The van der Waals surface area contributed by atoms with Gasteiger partial charge in [-0.15, -0.1) is 0 Å². The lowest BCUT2D eigenvalue weighted by Crippen LogP contribution is -2.48. The number of amides is 1. The third-order valence-electron chi connectivity index (χ3n) is 4.84. The van der Waals surface area contributed by atoms with E-state index in [4.69, 9.17) is 4.74 Å². The number of nitrogens with one attached hydrogen (secondary N) is 1. The Kier molecular flexibility index (Phi) is 7.24. The van der Waals surface area contributed by atoms with Crippen LogP contribution in [0.1, 0.15) is 12.5 Å². The van der Waals surface area contributed by atoms with Crippen LogP contribution in [0.5, 0.6) is 0 Å². The minimum atomic E-state index is -3.62. The summed E-state index contributed by atoms with van der Waals surface area (Å²) in [6.07, 6.45) is 0.693. The molecule has 1 fully saturated rings. The second kappa shape index (κ2) is 9.71. The van der Waals surface area contributed by atoms with Gasteiger partial charge in [0.1, 0.15) is 0 Å². The first-order valence-corrected chi connectivity index (χ1v) is 11.6. The van der Waals surface area contributed by atoms with Gasteiger partial charge in [0.2, 0.25) is 15.9 Å². The van der Waals surface area contributed by atoms with Gasteiger partial charge in [-0.05, 0) is 35.9 Å². The van der Waals surface area contributed by atoms with Crippen LogP contribution in [0.15, 0.2) is 42.5 Å². The van der Waals surface area contributed by atoms with Gasteiger partial charge in [0.05, 0.1) is 31.2 Å². The molecular formula is C21H25F2N3O4S. The summed E-state index contributed by atoms with van der Waals surface area (Å²) in [5.74, 6) is -2.05. The molecule has 0 saturated carbocycles. The molecule has 1 amide bonds. The molecule has 0 spiro atoms. The smallest absolute Gasteiger partial charge is 0.232 e. The Labute approximate surface area is 180 Å². The minimum absolute atomic E-state index is 0.0800. The molecule has 0 aliphatic carbocycles. The zero-order chi connectivity index (χ0) is 22.6. The van der Waals surface area contributed by atoms with Crippen LogP contribution in [-0.2, 0) is 26.1 Å². The Morgan fingerprint density at radius 3 is 2.68 bits per heavy atom. The van der Waals surface area contributed by atoms with Crippen LogP contribution < -0.4 is 9.62 Å². The van der Waals surface area contributed by atoms with Crippen molar-refractivity contribution in [3.8, 4) is 0 Å². The standard InChI is InChI=1S/C21H25F2N3O4S/c1-15(27)24-17-4-3-5-18(11-17)26(31(2,28)29)14-19-13-25(8-9-30-19)12-16-6-7-20(22)21(23)10-16/h3-7,10-11,19H,8-9,12-14H2,1-2H3,(H,24,27)/t19-/m0/s1. The molecule has 0 bridgehead atoms. The van der Waals surface area contributed by atoms with Crippen LogP contribution in [0.4, 0.5) is 20.2 Å². The maximum atomic E-state index is 13.5.